The van der Waals surface area contributed by atoms with Gasteiger partial charge in [-0.15, -0.1) is 0 Å². The SMILES string of the molecule is CCN(C)c1nc(N)ncc1[N+](=O)[O-]. The lowest BCUT2D eigenvalue weighted by Gasteiger charge is -2.14. The molecule has 1 aromatic heterocycles. The third kappa shape index (κ3) is 1.87. The Balaban J connectivity index is 3.22. The lowest BCUT2D eigenvalue weighted by Crippen LogP contribution is -2.19. The zero-order valence-electron chi connectivity index (χ0n) is 7.97. The Labute approximate surface area is 80.7 Å². The molecule has 7 heteroatoms. The van der Waals surface area contributed by atoms with Crippen LogP contribution in [0.5, 0.6) is 0 Å². The number of hydrogen-bond donors (Lipinski definition) is 1. The van der Waals surface area contributed by atoms with Gasteiger partial charge in [0.2, 0.25) is 11.8 Å². The van der Waals surface area contributed by atoms with E-state index < -0.39 is 4.92 Å². The van der Waals surface area contributed by atoms with Crippen LogP contribution < -0.4 is 10.6 Å². The molecule has 14 heavy (non-hydrogen) atoms. The first-order valence-corrected chi connectivity index (χ1v) is 4.04. The van der Waals surface area contributed by atoms with E-state index in [9.17, 15) is 10.1 Å². The predicted octanol–water partition coefficient (Wildman–Crippen LogP) is 0.423. The molecule has 0 unspecified atom stereocenters. The van der Waals surface area contributed by atoms with Crippen LogP contribution in [-0.2, 0) is 0 Å². The van der Waals surface area contributed by atoms with Gasteiger partial charge < -0.3 is 10.6 Å². The second-order valence-electron chi connectivity index (χ2n) is 2.71. The van der Waals surface area contributed by atoms with Gasteiger partial charge in [0, 0.05) is 13.6 Å². The number of nitrogens with two attached hydrogens (primary N) is 1. The summed E-state index contributed by atoms with van der Waals surface area (Å²) in [7, 11) is 1.70. The number of hydrogen-bond acceptors (Lipinski definition) is 6. The second kappa shape index (κ2) is 3.86. The molecule has 0 amide bonds. The Morgan fingerprint density at radius 3 is 2.86 bits per heavy atom. The van der Waals surface area contributed by atoms with Gasteiger partial charge >= 0.3 is 5.69 Å². The summed E-state index contributed by atoms with van der Waals surface area (Å²) in [5.41, 5.74) is 5.21. The van der Waals surface area contributed by atoms with Gasteiger partial charge in [0.1, 0.15) is 6.20 Å². The van der Waals surface area contributed by atoms with Crippen LogP contribution in [0.4, 0.5) is 17.5 Å². The van der Waals surface area contributed by atoms with Gasteiger partial charge in [-0.3, -0.25) is 10.1 Å². The maximum atomic E-state index is 10.6. The van der Waals surface area contributed by atoms with E-state index in [-0.39, 0.29) is 17.5 Å². The molecule has 0 aliphatic heterocycles. The van der Waals surface area contributed by atoms with E-state index >= 15 is 0 Å². The van der Waals surface area contributed by atoms with Crippen molar-refractivity contribution in [3.8, 4) is 0 Å². The Hall–Kier alpha value is -1.92. The summed E-state index contributed by atoms with van der Waals surface area (Å²) in [5.74, 6) is 0.274. The number of rotatable bonds is 3. The minimum absolute atomic E-state index is 0.0332. The van der Waals surface area contributed by atoms with Crippen molar-refractivity contribution in [1.82, 2.24) is 9.97 Å². The second-order valence-corrected chi connectivity index (χ2v) is 2.71. The van der Waals surface area contributed by atoms with E-state index in [4.69, 9.17) is 5.73 Å². The zero-order chi connectivity index (χ0) is 10.7. The lowest BCUT2D eigenvalue weighted by molar-refractivity contribution is -0.384. The summed E-state index contributed by atoms with van der Waals surface area (Å²) in [5, 5.41) is 10.6. The molecular formula is C7H11N5O2. The van der Waals surface area contributed by atoms with Crippen molar-refractivity contribution in [1.29, 1.82) is 0 Å². The molecule has 0 radical (unpaired) electrons. The molecule has 0 bridgehead atoms. The van der Waals surface area contributed by atoms with Gasteiger partial charge in [0.05, 0.1) is 4.92 Å². The first-order chi connectivity index (χ1) is 6.56. The summed E-state index contributed by atoms with van der Waals surface area (Å²) >= 11 is 0. The number of nitrogens with zero attached hydrogens (tertiary/aromatic N) is 4. The number of nitrogen functional groups attached to an aromatic ring is 1. The maximum Gasteiger partial charge on any atom is 0.329 e. The predicted molar refractivity (Wildman–Crippen MR) is 52.0 cm³/mol. The number of anilines is 2. The molecule has 2 N–H and O–H groups in total. The van der Waals surface area contributed by atoms with Crippen LogP contribution in [-0.4, -0.2) is 28.5 Å². The summed E-state index contributed by atoms with van der Waals surface area (Å²) in [6, 6.07) is 0. The van der Waals surface area contributed by atoms with Gasteiger partial charge in [0.15, 0.2) is 0 Å². The van der Waals surface area contributed by atoms with Crippen molar-refractivity contribution < 1.29 is 4.92 Å². The molecular weight excluding hydrogens is 186 g/mol. The molecule has 1 aromatic rings. The molecule has 0 aliphatic carbocycles. The molecule has 76 valence electrons. The minimum Gasteiger partial charge on any atom is -0.368 e. The fraction of sp³-hybridized carbons (Fsp3) is 0.429. The minimum atomic E-state index is -0.527. The molecule has 7 nitrogen and oxygen atoms in total. The van der Waals surface area contributed by atoms with Gasteiger partial charge in [0.25, 0.3) is 0 Å². The highest BCUT2D eigenvalue weighted by Gasteiger charge is 2.18. The van der Waals surface area contributed by atoms with Crippen LogP contribution in [0.1, 0.15) is 6.92 Å². The summed E-state index contributed by atoms with van der Waals surface area (Å²) in [6.45, 7) is 2.47. The van der Waals surface area contributed by atoms with Gasteiger partial charge in [-0.05, 0) is 6.92 Å². The number of aromatic nitrogens is 2. The van der Waals surface area contributed by atoms with E-state index in [2.05, 4.69) is 9.97 Å². The maximum absolute atomic E-state index is 10.6. The Morgan fingerprint density at radius 2 is 2.36 bits per heavy atom. The van der Waals surface area contributed by atoms with E-state index in [0.29, 0.717) is 6.54 Å². The topological polar surface area (TPSA) is 98.2 Å². The summed E-state index contributed by atoms with van der Waals surface area (Å²) in [4.78, 5) is 19.1. The van der Waals surface area contributed by atoms with Crippen LogP contribution in [0.2, 0.25) is 0 Å². The van der Waals surface area contributed by atoms with Gasteiger partial charge in [-0.1, -0.05) is 0 Å². The molecule has 0 saturated carbocycles. The molecule has 0 aromatic carbocycles. The Kier molecular flexibility index (Phi) is 2.80. The van der Waals surface area contributed by atoms with Crippen LogP contribution in [0, 0.1) is 10.1 Å². The Morgan fingerprint density at radius 1 is 1.71 bits per heavy atom. The summed E-state index contributed by atoms with van der Waals surface area (Å²) in [6.07, 6.45) is 1.11. The molecule has 1 heterocycles. The van der Waals surface area contributed by atoms with Gasteiger partial charge in [-0.2, -0.15) is 4.98 Å². The fourth-order valence-corrected chi connectivity index (χ4v) is 0.939. The lowest BCUT2D eigenvalue weighted by atomic mass is 10.4. The van der Waals surface area contributed by atoms with Crippen LogP contribution in [0.25, 0.3) is 0 Å². The smallest absolute Gasteiger partial charge is 0.329 e. The molecule has 0 spiro atoms. The Bertz CT molecular complexity index is 354. The van der Waals surface area contributed by atoms with Crippen LogP contribution >= 0.6 is 0 Å². The van der Waals surface area contributed by atoms with Crippen molar-refractivity contribution in [3.05, 3.63) is 16.3 Å². The summed E-state index contributed by atoms with van der Waals surface area (Å²) < 4.78 is 0. The highest BCUT2D eigenvalue weighted by Crippen LogP contribution is 2.23. The molecule has 0 aliphatic rings. The monoisotopic (exact) mass is 197 g/mol. The van der Waals surface area contributed by atoms with E-state index in [1.54, 1.807) is 11.9 Å². The average Bonchev–Trinajstić information content (AvgIpc) is 2.16. The van der Waals surface area contributed by atoms with Crippen molar-refractivity contribution in [2.75, 3.05) is 24.2 Å². The third-order valence-electron chi connectivity index (χ3n) is 1.80. The average molecular weight is 197 g/mol. The standard InChI is InChI=1S/C7H11N5O2/c1-3-11(2)6-5(12(13)14)4-9-7(8)10-6/h4H,3H2,1-2H3,(H2,8,9,10). The van der Waals surface area contributed by atoms with Gasteiger partial charge in [-0.25, -0.2) is 4.98 Å². The highest BCUT2D eigenvalue weighted by molar-refractivity contribution is 5.57. The van der Waals surface area contributed by atoms with E-state index in [1.165, 1.54) is 0 Å². The van der Waals surface area contributed by atoms with Crippen molar-refractivity contribution >= 4 is 17.5 Å². The third-order valence-corrected chi connectivity index (χ3v) is 1.80. The first kappa shape index (κ1) is 10.2. The van der Waals surface area contributed by atoms with Crippen molar-refractivity contribution in [2.45, 2.75) is 6.92 Å². The molecule has 0 saturated heterocycles. The number of nitro groups is 1. The highest BCUT2D eigenvalue weighted by atomic mass is 16.6. The fourth-order valence-electron chi connectivity index (χ4n) is 0.939. The van der Waals surface area contributed by atoms with E-state index in [1.807, 2.05) is 6.92 Å². The van der Waals surface area contributed by atoms with Crippen LogP contribution in [0.3, 0.4) is 0 Å². The quantitative estimate of drug-likeness (QED) is 0.557. The van der Waals surface area contributed by atoms with E-state index in [0.717, 1.165) is 6.20 Å². The zero-order valence-corrected chi connectivity index (χ0v) is 7.97. The first-order valence-electron chi connectivity index (χ1n) is 4.04. The molecule has 1 rings (SSSR count). The molecule has 0 fully saturated rings. The van der Waals surface area contributed by atoms with Crippen LogP contribution in [0.15, 0.2) is 6.20 Å². The molecule has 0 atom stereocenters. The van der Waals surface area contributed by atoms with Crippen molar-refractivity contribution in [3.63, 3.8) is 0 Å². The largest absolute Gasteiger partial charge is 0.368 e. The normalized spacial score (nSPS) is 9.86. The van der Waals surface area contributed by atoms with Crippen molar-refractivity contribution in [2.24, 2.45) is 0 Å².